The lowest BCUT2D eigenvalue weighted by molar-refractivity contribution is 0.0448. The maximum atomic E-state index is 10.0. The summed E-state index contributed by atoms with van der Waals surface area (Å²) in [7, 11) is 0. The minimum Gasteiger partial charge on any atom is -0.394 e. The first-order valence-corrected chi connectivity index (χ1v) is 7.22. The number of hydrogen-bond donors (Lipinski definition) is 2. The van der Waals surface area contributed by atoms with E-state index in [4.69, 9.17) is 0 Å². The molecule has 3 nitrogen and oxygen atoms in total. The summed E-state index contributed by atoms with van der Waals surface area (Å²) in [6.07, 6.45) is 1.14. The molecular formula is C16H26N2O. The van der Waals surface area contributed by atoms with Crippen LogP contribution in [0.1, 0.15) is 30.0 Å². The van der Waals surface area contributed by atoms with Crippen LogP contribution in [0.4, 0.5) is 0 Å². The van der Waals surface area contributed by atoms with Crippen molar-refractivity contribution in [2.24, 2.45) is 0 Å². The summed E-state index contributed by atoms with van der Waals surface area (Å²) < 4.78 is 0. The second kappa shape index (κ2) is 6.04. The highest BCUT2D eigenvalue weighted by Crippen LogP contribution is 2.31. The van der Waals surface area contributed by atoms with Gasteiger partial charge in [0.2, 0.25) is 0 Å². The third-order valence-electron chi connectivity index (χ3n) is 4.31. The van der Waals surface area contributed by atoms with Gasteiger partial charge in [-0.15, -0.1) is 0 Å². The Morgan fingerprint density at radius 3 is 2.74 bits per heavy atom. The van der Waals surface area contributed by atoms with Crippen LogP contribution in [-0.4, -0.2) is 42.8 Å². The zero-order valence-electron chi connectivity index (χ0n) is 12.4. The molecule has 0 amide bonds. The van der Waals surface area contributed by atoms with E-state index >= 15 is 0 Å². The molecule has 2 N–H and O–H groups in total. The normalized spacial score (nSPS) is 20.8. The number of aliphatic hydroxyl groups is 1. The largest absolute Gasteiger partial charge is 0.394 e. The standard InChI is InChI=1S/C16H26N2O/c1-13-5-6-15(14(2)11-13)16(3,12-19)18-9-4-7-17-8-10-18/h5-6,11,17,19H,4,7-10,12H2,1-3H3. The molecule has 1 saturated heterocycles. The van der Waals surface area contributed by atoms with E-state index < -0.39 is 0 Å². The number of rotatable bonds is 3. The Morgan fingerprint density at radius 2 is 2.05 bits per heavy atom. The van der Waals surface area contributed by atoms with Gasteiger partial charge in [-0.2, -0.15) is 0 Å². The molecule has 2 rings (SSSR count). The van der Waals surface area contributed by atoms with Gasteiger partial charge in [0.05, 0.1) is 12.1 Å². The molecular weight excluding hydrogens is 236 g/mol. The highest BCUT2D eigenvalue weighted by atomic mass is 16.3. The summed E-state index contributed by atoms with van der Waals surface area (Å²) in [6.45, 7) is 10.7. The van der Waals surface area contributed by atoms with Crippen LogP contribution in [0.2, 0.25) is 0 Å². The van der Waals surface area contributed by atoms with Crippen LogP contribution in [0, 0.1) is 13.8 Å². The van der Waals surface area contributed by atoms with Crippen molar-refractivity contribution < 1.29 is 5.11 Å². The molecule has 0 aromatic heterocycles. The predicted octanol–water partition coefficient (Wildman–Crippen LogP) is 1.81. The molecule has 1 unspecified atom stereocenters. The maximum absolute atomic E-state index is 10.0. The van der Waals surface area contributed by atoms with Crippen LogP contribution in [-0.2, 0) is 5.54 Å². The van der Waals surface area contributed by atoms with Crippen molar-refractivity contribution in [2.45, 2.75) is 32.7 Å². The first-order valence-electron chi connectivity index (χ1n) is 7.22. The number of nitrogens with zero attached hydrogens (tertiary/aromatic N) is 1. The Hall–Kier alpha value is -0.900. The Labute approximate surface area is 116 Å². The second-order valence-corrected chi connectivity index (χ2v) is 5.84. The topological polar surface area (TPSA) is 35.5 Å². The molecule has 1 fully saturated rings. The zero-order valence-corrected chi connectivity index (χ0v) is 12.4. The Morgan fingerprint density at radius 1 is 1.26 bits per heavy atom. The van der Waals surface area contributed by atoms with E-state index in [-0.39, 0.29) is 12.1 Å². The van der Waals surface area contributed by atoms with Gasteiger partial charge in [-0.25, -0.2) is 0 Å². The van der Waals surface area contributed by atoms with Crippen LogP contribution >= 0.6 is 0 Å². The predicted molar refractivity (Wildman–Crippen MR) is 79.4 cm³/mol. The van der Waals surface area contributed by atoms with Gasteiger partial charge in [-0.3, -0.25) is 4.90 Å². The fourth-order valence-electron chi connectivity index (χ4n) is 3.11. The molecule has 19 heavy (non-hydrogen) atoms. The minimum atomic E-state index is -0.274. The van der Waals surface area contributed by atoms with Gasteiger partial charge in [-0.05, 0) is 44.9 Å². The molecule has 106 valence electrons. The average molecular weight is 262 g/mol. The molecule has 1 aromatic carbocycles. The molecule has 0 saturated carbocycles. The van der Waals surface area contributed by atoms with Crippen LogP contribution in [0.15, 0.2) is 18.2 Å². The first kappa shape index (κ1) is 14.5. The van der Waals surface area contributed by atoms with Crippen molar-refractivity contribution >= 4 is 0 Å². The number of hydrogen-bond acceptors (Lipinski definition) is 3. The Kier molecular flexibility index (Phi) is 4.61. The van der Waals surface area contributed by atoms with Crippen LogP contribution in [0.25, 0.3) is 0 Å². The number of nitrogens with one attached hydrogen (secondary N) is 1. The summed E-state index contributed by atoms with van der Waals surface area (Å²) in [5.41, 5.74) is 3.53. The van der Waals surface area contributed by atoms with E-state index in [0.29, 0.717) is 0 Å². The van der Waals surface area contributed by atoms with Gasteiger partial charge in [0.25, 0.3) is 0 Å². The molecule has 1 atom stereocenters. The number of benzene rings is 1. The van der Waals surface area contributed by atoms with Gasteiger partial charge >= 0.3 is 0 Å². The fourth-order valence-corrected chi connectivity index (χ4v) is 3.11. The van der Waals surface area contributed by atoms with Crippen LogP contribution < -0.4 is 5.32 Å². The molecule has 3 heteroatoms. The lowest BCUT2D eigenvalue weighted by Gasteiger charge is -2.41. The Bertz CT molecular complexity index is 425. The third-order valence-corrected chi connectivity index (χ3v) is 4.31. The van der Waals surface area contributed by atoms with Crippen molar-refractivity contribution in [3.63, 3.8) is 0 Å². The minimum absolute atomic E-state index is 0.164. The smallest absolute Gasteiger partial charge is 0.0668 e. The van der Waals surface area contributed by atoms with Gasteiger partial charge < -0.3 is 10.4 Å². The van der Waals surface area contributed by atoms with Crippen LogP contribution in [0.3, 0.4) is 0 Å². The lowest BCUT2D eigenvalue weighted by atomic mass is 9.86. The molecule has 1 aliphatic heterocycles. The summed E-state index contributed by atoms with van der Waals surface area (Å²) >= 11 is 0. The van der Waals surface area contributed by atoms with Crippen molar-refractivity contribution in [2.75, 3.05) is 32.8 Å². The SMILES string of the molecule is Cc1ccc(C(C)(CO)N2CCCNCC2)c(C)c1. The molecule has 1 aromatic rings. The zero-order chi connectivity index (χ0) is 13.9. The van der Waals surface area contributed by atoms with Crippen molar-refractivity contribution in [1.82, 2.24) is 10.2 Å². The van der Waals surface area contributed by atoms with Crippen molar-refractivity contribution in [1.29, 1.82) is 0 Å². The van der Waals surface area contributed by atoms with E-state index in [1.54, 1.807) is 0 Å². The molecule has 1 heterocycles. The molecule has 0 bridgehead atoms. The molecule has 0 radical (unpaired) electrons. The van der Waals surface area contributed by atoms with E-state index in [0.717, 1.165) is 32.6 Å². The van der Waals surface area contributed by atoms with E-state index in [1.165, 1.54) is 16.7 Å². The van der Waals surface area contributed by atoms with Crippen molar-refractivity contribution in [3.05, 3.63) is 34.9 Å². The molecule has 0 spiro atoms. The van der Waals surface area contributed by atoms with E-state index in [1.807, 2.05) is 0 Å². The van der Waals surface area contributed by atoms with Gasteiger partial charge in [0, 0.05) is 19.6 Å². The third kappa shape index (κ3) is 2.99. The summed E-state index contributed by atoms with van der Waals surface area (Å²) in [5, 5.41) is 13.4. The first-order chi connectivity index (χ1) is 9.08. The van der Waals surface area contributed by atoms with Crippen molar-refractivity contribution in [3.8, 4) is 0 Å². The summed E-state index contributed by atoms with van der Waals surface area (Å²) in [6, 6.07) is 6.53. The summed E-state index contributed by atoms with van der Waals surface area (Å²) in [4.78, 5) is 2.42. The van der Waals surface area contributed by atoms with Gasteiger partial charge in [0.1, 0.15) is 0 Å². The van der Waals surface area contributed by atoms with Gasteiger partial charge in [0.15, 0.2) is 0 Å². The molecule has 1 aliphatic rings. The average Bonchev–Trinajstić information content (AvgIpc) is 2.67. The monoisotopic (exact) mass is 262 g/mol. The highest BCUT2D eigenvalue weighted by molar-refractivity contribution is 5.36. The Balaban J connectivity index is 2.34. The lowest BCUT2D eigenvalue weighted by Crippen LogP contribution is -2.48. The maximum Gasteiger partial charge on any atom is 0.0668 e. The number of aliphatic hydroxyl groups excluding tert-OH is 1. The van der Waals surface area contributed by atoms with Gasteiger partial charge in [-0.1, -0.05) is 23.8 Å². The van der Waals surface area contributed by atoms with E-state index in [9.17, 15) is 5.11 Å². The fraction of sp³-hybridized carbons (Fsp3) is 0.625. The second-order valence-electron chi connectivity index (χ2n) is 5.84. The van der Waals surface area contributed by atoms with Crippen LogP contribution in [0.5, 0.6) is 0 Å². The summed E-state index contributed by atoms with van der Waals surface area (Å²) in [5.74, 6) is 0. The molecule has 0 aliphatic carbocycles. The van der Waals surface area contributed by atoms with E-state index in [2.05, 4.69) is 49.2 Å². The number of aryl methyl sites for hydroxylation is 2. The highest BCUT2D eigenvalue weighted by Gasteiger charge is 2.34. The quantitative estimate of drug-likeness (QED) is 0.872.